The number of pyridine rings is 1. The molecule has 0 saturated carbocycles. The van der Waals surface area contributed by atoms with Crippen molar-refractivity contribution in [2.24, 2.45) is 7.05 Å². The standard InChI is InChI=1S/C18H21N3O2/c1-20-11-6-10-16(18(20)23)17(22)19-14-7-5-12-21(13-14)15-8-3-2-4-9-15/h2-4,6,8-11,14H,5,7,12-13H2,1H3,(H,19,22). The number of nitrogens with zero attached hydrogens (tertiary/aromatic N) is 2. The molecule has 5 nitrogen and oxygen atoms in total. The summed E-state index contributed by atoms with van der Waals surface area (Å²) in [6.07, 6.45) is 3.60. The van der Waals surface area contributed by atoms with E-state index >= 15 is 0 Å². The number of hydrogen-bond donors (Lipinski definition) is 1. The lowest BCUT2D eigenvalue weighted by Crippen LogP contribution is -2.48. The molecule has 3 rings (SSSR count). The Balaban J connectivity index is 1.69. The van der Waals surface area contributed by atoms with Gasteiger partial charge in [0, 0.05) is 38.1 Å². The second kappa shape index (κ2) is 6.69. The molecular formula is C18H21N3O2. The highest BCUT2D eigenvalue weighted by atomic mass is 16.2. The van der Waals surface area contributed by atoms with Gasteiger partial charge < -0.3 is 14.8 Å². The fraction of sp³-hybridized carbons (Fsp3) is 0.333. The van der Waals surface area contributed by atoms with Crippen molar-refractivity contribution in [1.82, 2.24) is 9.88 Å². The number of hydrogen-bond acceptors (Lipinski definition) is 3. The van der Waals surface area contributed by atoms with Gasteiger partial charge in [-0.05, 0) is 37.1 Å². The quantitative estimate of drug-likeness (QED) is 0.940. The molecule has 1 unspecified atom stereocenters. The highest BCUT2D eigenvalue weighted by Gasteiger charge is 2.23. The third kappa shape index (κ3) is 3.44. The van der Waals surface area contributed by atoms with E-state index in [-0.39, 0.29) is 23.1 Å². The first-order valence-corrected chi connectivity index (χ1v) is 7.91. The van der Waals surface area contributed by atoms with Crippen LogP contribution in [-0.2, 0) is 7.05 Å². The molecular weight excluding hydrogens is 290 g/mol. The van der Waals surface area contributed by atoms with Crippen molar-refractivity contribution in [2.75, 3.05) is 18.0 Å². The van der Waals surface area contributed by atoms with Gasteiger partial charge in [-0.3, -0.25) is 9.59 Å². The van der Waals surface area contributed by atoms with Crippen LogP contribution >= 0.6 is 0 Å². The first-order valence-electron chi connectivity index (χ1n) is 7.91. The van der Waals surface area contributed by atoms with Gasteiger partial charge in [-0.25, -0.2) is 0 Å². The third-order valence-electron chi connectivity index (χ3n) is 4.25. The van der Waals surface area contributed by atoms with Crippen molar-refractivity contribution < 1.29 is 4.79 Å². The van der Waals surface area contributed by atoms with E-state index in [9.17, 15) is 9.59 Å². The van der Waals surface area contributed by atoms with Crippen LogP contribution in [0.15, 0.2) is 53.5 Å². The van der Waals surface area contributed by atoms with E-state index in [1.165, 1.54) is 10.3 Å². The first kappa shape index (κ1) is 15.3. The van der Waals surface area contributed by atoms with Crippen LogP contribution < -0.4 is 15.8 Å². The van der Waals surface area contributed by atoms with Crippen molar-refractivity contribution in [3.05, 3.63) is 64.6 Å². The summed E-state index contributed by atoms with van der Waals surface area (Å²) < 4.78 is 1.42. The maximum absolute atomic E-state index is 12.4. The molecule has 2 heterocycles. The highest BCUT2D eigenvalue weighted by Crippen LogP contribution is 2.19. The Labute approximate surface area is 135 Å². The normalized spacial score (nSPS) is 17.8. The average molecular weight is 311 g/mol. The van der Waals surface area contributed by atoms with Crippen LogP contribution in [0.4, 0.5) is 5.69 Å². The number of carbonyl (C=O) groups is 1. The van der Waals surface area contributed by atoms with Gasteiger partial charge in [0.25, 0.3) is 11.5 Å². The topological polar surface area (TPSA) is 54.3 Å². The van der Waals surface area contributed by atoms with Gasteiger partial charge in [0.2, 0.25) is 0 Å². The summed E-state index contributed by atoms with van der Waals surface area (Å²) in [5.41, 5.74) is 1.11. The smallest absolute Gasteiger partial charge is 0.263 e. The third-order valence-corrected chi connectivity index (χ3v) is 4.25. The molecule has 5 heteroatoms. The van der Waals surface area contributed by atoms with Gasteiger partial charge in [-0.15, -0.1) is 0 Å². The van der Waals surface area contributed by atoms with Crippen LogP contribution in [0.2, 0.25) is 0 Å². The molecule has 1 aliphatic heterocycles. The molecule has 2 aromatic rings. The van der Waals surface area contributed by atoms with Crippen molar-refractivity contribution in [3.63, 3.8) is 0 Å². The van der Waals surface area contributed by atoms with Crippen molar-refractivity contribution in [3.8, 4) is 0 Å². The van der Waals surface area contributed by atoms with E-state index in [0.717, 1.165) is 25.9 Å². The van der Waals surface area contributed by atoms with Gasteiger partial charge in [0.05, 0.1) is 0 Å². The lowest BCUT2D eigenvalue weighted by Gasteiger charge is -2.34. The molecule has 1 N–H and O–H groups in total. The number of rotatable bonds is 3. The molecule has 0 spiro atoms. The maximum Gasteiger partial charge on any atom is 0.263 e. The van der Waals surface area contributed by atoms with Crippen molar-refractivity contribution in [2.45, 2.75) is 18.9 Å². The summed E-state index contributed by atoms with van der Waals surface area (Å²) in [6.45, 7) is 1.76. The minimum Gasteiger partial charge on any atom is -0.369 e. The van der Waals surface area contributed by atoms with Gasteiger partial charge in [0.15, 0.2) is 0 Å². The molecule has 120 valence electrons. The average Bonchev–Trinajstić information content (AvgIpc) is 2.58. The molecule has 1 aromatic heterocycles. The van der Waals surface area contributed by atoms with Gasteiger partial charge in [-0.1, -0.05) is 18.2 Å². The Morgan fingerprint density at radius 3 is 2.74 bits per heavy atom. The monoisotopic (exact) mass is 311 g/mol. The van der Waals surface area contributed by atoms with E-state index in [0.29, 0.717) is 0 Å². The fourth-order valence-corrected chi connectivity index (χ4v) is 3.00. The minimum atomic E-state index is -0.286. The zero-order valence-corrected chi connectivity index (χ0v) is 13.2. The second-order valence-electron chi connectivity index (χ2n) is 5.93. The molecule has 1 atom stereocenters. The Bertz CT molecular complexity index is 739. The molecule has 23 heavy (non-hydrogen) atoms. The van der Waals surface area contributed by atoms with Crippen LogP contribution in [0.1, 0.15) is 23.2 Å². The van der Waals surface area contributed by atoms with Crippen LogP contribution in [0.5, 0.6) is 0 Å². The van der Waals surface area contributed by atoms with E-state index in [1.54, 1.807) is 25.4 Å². The summed E-state index contributed by atoms with van der Waals surface area (Å²) in [5.74, 6) is -0.286. The number of amides is 1. The highest BCUT2D eigenvalue weighted by molar-refractivity contribution is 5.94. The van der Waals surface area contributed by atoms with E-state index in [4.69, 9.17) is 0 Å². The molecule has 0 bridgehead atoms. The van der Waals surface area contributed by atoms with Gasteiger partial charge >= 0.3 is 0 Å². The number of benzene rings is 1. The minimum absolute atomic E-state index is 0.0568. The summed E-state index contributed by atoms with van der Waals surface area (Å²) in [7, 11) is 1.65. The van der Waals surface area contributed by atoms with Crippen LogP contribution in [0, 0.1) is 0 Å². The predicted octanol–water partition coefficient (Wildman–Crippen LogP) is 1.78. The van der Waals surface area contributed by atoms with Crippen molar-refractivity contribution in [1.29, 1.82) is 0 Å². The summed E-state index contributed by atoms with van der Waals surface area (Å²) in [4.78, 5) is 26.7. The number of para-hydroxylation sites is 1. The van der Waals surface area contributed by atoms with Gasteiger partial charge in [-0.2, -0.15) is 0 Å². The summed E-state index contributed by atoms with van der Waals surface area (Å²) in [6, 6.07) is 13.5. The van der Waals surface area contributed by atoms with E-state index in [2.05, 4.69) is 22.3 Å². The summed E-state index contributed by atoms with van der Waals surface area (Å²) in [5, 5.41) is 3.01. The zero-order chi connectivity index (χ0) is 16.2. The van der Waals surface area contributed by atoms with Crippen molar-refractivity contribution >= 4 is 11.6 Å². The Morgan fingerprint density at radius 2 is 1.96 bits per heavy atom. The lowest BCUT2D eigenvalue weighted by atomic mass is 10.0. The van der Waals surface area contributed by atoms with Crippen LogP contribution in [-0.4, -0.2) is 29.6 Å². The Hall–Kier alpha value is -2.56. The number of piperidine rings is 1. The zero-order valence-electron chi connectivity index (χ0n) is 13.2. The molecule has 1 fully saturated rings. The number of aryl methyl sites for hydroxylation is 1. The van der Waals surface area contributed by atoms with Gasteiger partial charge in [0.1, 0.15) is 5.56 Å². The predicted molar refractivity (Wildman–Crippen MR) is 90.8 cm³/mol. The maximum atomic E-state index is 12.4. The molecule has 1 aliphatic rings. The number of carbonyl (C=O) groups excluding carboxylic acids is 1. The van der Waals surface area contributed by atoms with Crippen LogP contribution in [0.3, 0.4) is 0 Å². The lowest BCUT2D eigenvalue weighted by molar-refractivity contribution is 0.0931. The number of anilines is 1. The van der Waals surface area contributed by atoms with E-state index < -0.39 is 0 Å². The van der Waals surface area contributed by atoms with E-state index in [1.807, 2.05) is 18.2 Å². The molecule has 1 saturated heterocycles. The fourth-order valence-electron chi connectivity index (χ4n) is 3.00. The Morgan fingerprint density at radius 1 is 1.17 bits per heavy atom. The molecule has 1 amide bonds. The number of nitrogens with one attached hydrogen (secondary N) is 1. The van der Waals surface area contributed by atoms with Crippen LogP contribution in [0.25, 0.3) is 0 Å². The second-order valence-corrected chi connectivity index (χ2v) is 5.93. The summed E-state index contributed by atoms with van der Waals surface area (Å²) >= 11 is 0. The number of aromatic nitrogens is 1. The first-order chi connectivity index (χ1) is 11.1. The largest absolute Gasteiger partial charge is 0.369 e. The molecule has 0 radical (unpaired) electrons. The molecule has 1 aromatic carbocycles. The SMILES string of the molecule is Cn1cccc(C(=O)NC2CCCN(c3ccccc3)C2)c1=O. The Kier molecular flexibility index (Phi) is 4.46. The molecule has 0 aliphatic carbocycles.